The maximum Gasteiger partial charge on any atom is 0.321 e. The minimum atomic E-state index is -0.349. The summed E-state index contributed by atoms with van der Waals surface area (Å²) < 4.78 is 20.9. The van der Waals surface area contributed by atoms with E-state index in [1.165, 1.54) is 16.8 Å². The van der Waals surface area contributed by atoms with Gasteiger partial charge in [-0.1, -0.05) is 6.08 Å². The molecule has 0 radical (unpaired) electrons. The number of nitrogens with one attached hydrogen (secondary N) is 1. The summed E-state index contributed by atoms with van der Waals surface area (Å²) in [5, 5.41) is 7.76. The van der Waals surface area contributed by atoms with Crippen molar-refractivity contribution in [1.29, 1.82) is 0 Å². The summed E-state index contributed by atoms with van der Waals surface area (Å²) in [5.41, 5.74) is 2.87. The van der Waals surface area contributed by atoms with Crippen LogP contribution in [0.5, 0.6) is 11.8 Å². The molecule has 1 saturated heterocycles. The molecule has 8 nitrogen and oxygen atoms in total. The third-order valence-corrected chi connectivity index (χ3v) is 5.14. The van der Waals surface area contributed by atoms with Gasteiger partial charge in [0.15, 0.2) is 0 Å². The third kappa shape index (κ3) is 3.18. The molecular weight excluding hydrogens is 373 g/mol. The van der Waals surface area contributed by atoms with Crippen LogP contribution in [0.3, 0.4) is 0 Å². The molecule has 1 aromatic carbocycles. The SMILES string of the molecule is Cc1cc(F)cc(Oc2nc(NC3C4=CC3CN4c3cc(C)ncn3)nn2C)c1. The number of fused-ring (bicyclic) bond motifs is 1. The molecule has 1 aliphatic carbocycles. The number of hydrogen-bond acceptors (Lipinski definition) is 7. The highest BCUT2D eigenvalue weighted by molar-refractivity contribution is 5.59. The quantitative estimate of drug-likeness (QED) is 0.714. The molecular formula is C20H20FN7O. The van der Waals surface area contributed by atoms with Crippen LogP contribution in [0, 0.1) is 25.6 Å². The van der Waals surface area contributed by atoms with E-state index in [2.05, 4.69) is 36.3 Å². The summed E-state index contributed by atoms with van der Waals surface area (Å²) in [5.74, 6) is 1.77. The van der Waals surface area contributed by atoms with Crippen LogP contribution < -0.4 is 15.0 Å². The molecule has 0 saturated carbocycles. The molecule has 1 N–H and O–H groups in total. The van der Waals surface area contributed by atoms with Crippen molar-refractivity contribution in [3.05, 3.63) is 59.4 Å². The second kappa shape index (κ2) is 6.54. The standard InChI is InChI=1S/C20H20FN7O/c1-11-4-14(21)8-15(5-11)29-20-25-19(26-27(20)3)24-18-13-7-16(18)28(9-13)17-6-12(2)22-10-23-17/h4-8,10,13,18H,9H2,1-3H3,(H,24,26). The molecule has 2 bridgehead atoms. The lowest BCUT2D eigenvalue weighted by atomic mass is 9.91. The minimum Gasteiger partial charge on any atom is -0.424 e. The van der Waals surface area contributed by atoms with Gasteiger partial charge in [-0.3, -0.25) is 0 Å². The normalized spacial score (nSPS) is 19.7. The van der Waals surface area contributed by atoms with Crippen molar-refractivity contribution in [2.45, 2.75) is 19.9 Å². The van der Waals surface area contributed by atoms with E-state index in [4.69, 9.17) is 4.74 Å². The predicted molar refractivity (Wildman–Crippen MR) is 105 cm³/mol. The van der Waals surface area contributed by atoms with Crippen molar-refractivity contribution in [3.63, 3.8) is 0 Å². The van der Waals surface area contributed by atoms with Gasteiger partial charge in [0.2, 0.25) is 5.95 Å². The highest BCUT2D eigenvalue weighted by Gasteiger charge is 2.45. The van der Waals surface area contributed by atoms with Crippen LogP contribution in [-0.2, 0) is 7.05 Å². The van der Waals surface area contributed by atoms with Crippen molar-refractivity contribution in [3.8, 4) is 11.8 Å². The van der Waals surface area contributed by atoms with E-state index in [-0.39, 0.29) is 11.9 Å². The largest absolute Gasteiger partial charge is 0.424 e. The van der Waals surface area contributed by atoms with Gasteiger partial charge >= 0.3 is 6.01 Å². The van der Waals surface area contributed by atoms with Gasteiger partial charge in [-0.2, -0.15) is 4.98 Å². The minimum absolute atomic E-state index is 0.122. The fourth-order valence-electron chi connectivity index (χ4n) is 3.77. The summed E-state index contributed by atoms with van der Waals surface area (Å²) in [4.78, 5) is 15.1. The molecule has 4 heterocycles. The van der Waals surface area contributed by atoms with Gasteiger partial charge in [-0.05, 0) is 31.5 Å². The molecule has 2 atom stereocenters. The number of ether oxygens (including phenoxy) is 1. The summed E-state index contributed by atoms with van der Waals surface area (Å²) in [7, 11) is 1.74. The van der Waals surface area contributed by atoms with Crippen LogP contribution in [0.1, 0.15) is 11.3 Å². The molecule has 2 aliphatic heterocycles. The van der Waals surface area contributed by atoms with Crippen molar-refractivity contribution in [2.75, 3.05) is 16.8 Å². The Hall–Kier alpha value is -3.49. The number of aromatic nitrogens is 5. The van der Waals surface area contributed by atoms with Crippen LogP contribution in [0.2, 0.25) is 0 Å². The van der Waals surface area contributed by atoms with Crippen LogP contribution in [0.4, 0.5) is 16.2 Å². The monoisotopic (exact) mass is 393 g/mol. The summed E-state index contributed by atoms with van der Waals surface area (Å²) >= 11 is 0. The zero-order valence-electron chi connectivity index (χ0n) is 16.3. The number of halogens is 1. The van der Waals surface area contributed by atoms with E-state index < -0.39 is 0 Å². The van der Waals surface area contributed by atoms with Crippen LogP contribution in [0.25, 0.3) is 0 Å². The molecule has 9 heteroatoms. The first-order valence-corrected chi connectivity index (χ1v) is 9.37. The lowest BCUT2D eigenvalue weighted by molar-refractivity contribution is 0.411. The van der Waals surface area contributed by atoms with Crippen LogP contribution >= 0.6 is 0 Å². The second-order valence-corrected chi connectivity index (χ2v) is 7.41. The van der Waals surface area contributed by atoms with Gasteiger partial charge in [-0.15, -0.1) is 5.10 Å². The predicted octanol–water partition coefficient (Wildman–Crippen LogP) is 2.97. The molecule has 3 aliphatic rings. The highest BCUT2D eigenvalue weighted by atomic mass is 19.1. The average molecular weight is 393 g/mol. The zero-order chi connectivity index (χ0) is 20.1. The zero-order valence-corrected chi connectivity index (χ0v) is 16.3. The second-order valence-electron chi connectivity index (χ2n) is 7.41. The van der Waals surface area contributed by atoms with Gasteiger partial charge in [0.25, 0.3) is 0 Å². The molecule has 1 fully saturated rings. The van der Waals surface area contributed by atoms with E-state index in [1.807, 2.05) is 19.9 Å². The van der Waals surface area contributed by atoms with Gasteiger partial charge < -0.3 is 15.0 Å². The van der Waals surface area contributed by atoms with Crippen molar-refractivity contribution >= 4 is 11.8 Å². The Labute approximate surface area is 167 Å². The maximum absolute atomic E-state index is 13.6. The molecule has 148 valence electrons. The smallest absolute Gasteiger partial charge is 0.321 e. The average Bonchev–Trinajstić information content (AvgIpc) is 3.33. The van der Waals surface area contributed by atoms with E-state index in [9.17, 15) is 4.39 Å². The molecule has 3 aromatic rings. The number of anilines is 2. The fourth-order valence-corrected chi connectivity index (χ4v) is 3.77. The van der Waals surface area contributed by atoms with E-state index in [0.717, 1.165) is 29.3 Å². The number of hydrogen-bond donors (Lipinski definition) is 1. The Bertz CT molecular complexity index is 1110. The lowest BCUT2D eigenvalue weighted by Crippen LogP contribution is -2.34. The molecule has 2 unspecified atom stereocenters. The van der Waals surface area contributed by atoms with Gasteiger partial charge in [-0.25, -0.2) is 19.0 Å². The Balaban J connectivity index is 1.30. The third-order valence-electron chi connectivity index (χ3n) is 5.14. The lowest BCUT2D eigenvalue weighted by Gasteiger charge is -2.27. The van der Waals surface area contributed by atoms with Crippen molar-refractivity contribution < 1.29 is 9.13 Å². The van der Waals surface area contributed by atoms with Gasteiger partial charge in [0, 0.05) is 43.0 Å². The first-order valence-electron chi connectivity index (χ1n) is 9.37. The van der Waals surface area contributed by atoms with E-state index in [1.54, 1.807) is 19.4 Å². The maximum atomic E-state index is 13.6. The van der Waals surface area contributed by atoms with Crippen LogP contribution in [-0.4, -0.2) is 37.3 Å². The van der Waals surface area contributed by atoms with E-state index in [0.29, 0.717) is 23.6 Å². The summed E-state index contributed by atoms with van der Waals surface area (Å²) in [6.07, 6.45) is 3.81. The Morgan fingerprint density at radius 3 is 2.83 bits per heavy atom. The molecule has 6 rings (SSSR count). The first kappa shape index (κ1) is 17.6. The topological polar surface area (TPSA) is 81.0 Å². The summed E-state index contributed by atoms with van der Waals surface area (Å²) in [6.45, 7) is 4.63. The number of benzene rings is 1. The molecule has 2 aromatic heterocycles. The van der Waals surface area contributed by atoms with Gasteiger partial charge in [0.1, 0.15) is 23.7 Å². The van der Waals surface area contributed by atoms with Crippen molar-refractivity contribution in [1.82, 2.24) is 24.7 Å². The number of rotatable bonds is 5. The first-order chi connectivity index (χ1) is 14.0. The molecule has 0 spiro atoms. The Morgan fingerprint density at radius 1 is 1.17 bits per heavy atom. The Kier molecular flexibility index (Phi) is 3.97. The van der Waals surface area contributed by atoms with Gasteiger partial charge in [0.05, 0.1) is 6.04 Å². The molecule has 0 amide bonds. The summed E-state index contributed by atoms with van der Waals surface area (Å²) in [6, 6.07) is 6.92. The van der Waals surface area contributed by atoms with Crippen molar-refractivity contribution in [2.24, 2.45) is 13.0 Å². The Morgan fingerprint density at radius 2 is 2.03 bits per heavy atom. The number of aryl methyl sites for hydroxylation is 3. The molecule has 29 heavy (non-hydrogen) atoms. The highest BCUT2D eigenvalue weighted by Crippen LogP contribution is 2.42. The fraction of sp³-hybridized carbons (Fsp3) is 0.300. The van der Waals surface area contributed by atoms with Crippen LogP contribution in [0.15, 0.2) is 42.4 Å². The number of nitrogens with zero attached hydrogens (tertiary/aromatic N) is 6. The van der Waals surface area contributed by atoms with E-state index >= 15 is 0 Å².